The number of amides is 3. The molecular weight excluding hydrogens is 282 g/mol. The van der Waals surface area contributed by atoms with E-state index in [2.05, 4.69) is 10.1 Å². The highest BCUT2D eigenvalue weighted by Crippen LogP contribution is 2.20. The zero-order valence-electron chi connectivity index (χ0n) is 11.9. The molecule has 1 rings (SSSR count). The van der Waals surface area contributed by atoms with E-state index in [1.54, 1.807) is 0 Å². The van der Waals surface area contributed by atoms with Crippen molar-refractivity contribution in [3.8, 4) is 0 Å². The topological polar surface area (TPSA) is 131 Å². The minimum absolute atomic E-state index is 0.0371. The molecule has 0 spiro atoms. The number of aliphatic carboxylic acids is 1. The van der Waals surface area contributed by atoms with Gasteiger partial charge in [-0.1, -0.05) is 6.92 Å². The van der Waals surface area contributed by atoms with Gasteiger partial charge >= 0.3 is 18.1 Å². The van der Waals surface area contributed by atoms with Crippen LogP contribution >= 0.6 is 0 Å². The van der Waals surface area contributed by atoms with Crippen LogP contribution in [0.1, 0.15) is 13.3 Å². The quantitative estimate of drug-likeness (QED) is 0.548. The average Bonchev–Trinajstić information content (AvgIpc) is 2.89. The number of carbonyl (C=O) groups excluding carboxylic acids is 2. The van der Waals surface area contributed by atoms with Crippen LogP contribution in [0.25, 0.3) is 0 Å². The maximum absolute atomic E-state index is 12.1. The molecule has 1 saturated heterocycles. The highest BCUT2D eigenvalue weighted by Gasteiger charge is 2.39. The van der Waals surface area contributed by atoms with Gasteiger partial charge in [0, 0.05) is 6.54 Å². The summed E-state index contributed by atoms with van der Waals surface area (Å²) in [5, 5.41) is 11.7. The van der Waals surface area contributed by atoms with Crippen LogP contribution in [0, 0.1) is 5.92 Å². The first-order valence-corrected chi connectivity index (χ1v) is 6.74. The van der Waals surface area contributed by atoms with Crippen LogP contribution in [0.5, 0.6) is 0 Å². The van der Waals surface area contributed by atoms with Gasteiger partial charge in [0.2, 0.25) is 0 Å². The number of primary amides is 1. The van der Waals surface area contributed by atoms with Crippen LogP contribution in [0.3, 0.4) is 0 Å². The Bertz CT molecular complexity index is 389. The third kappa shape index (κ3) is 5.10. The van der Waals surface area contributed by atoms with E-state index in [0.29, 0.717) is 13.0 Å². The molecule has 9 heteroatoms. The molecule has 0 aromatic heterocycles. The third-order valence-electron chi connectivity index (χ3n) is 3.12. The maximum Gasteiger partial charge on any atom is 0.404 e. The number of carboxylic acid groups (broad SMARTS) is 1. The van der Waals surface area contributed by atoms with Crippen LogP contribution in [0.15, 0.2) is 0 Å². The number of nitrogens with one attached hydrogen (secondary N) is 1. The van der Waals surface area contributed by atoms with Crippen LogP contribution in [0.2, 0.25) is 0 Å². The lowest BCUT2D eigenvalue weighted by atomic mass is 10.0. The largest absolute Gasteiger partial charge is 0.481 e. The van der Waals surface area contributed by atoms with Crippen molar-refractivity contribution in [1.82, 2.24) is 10.2 Å². The van der Waals surface area contributed by atoms with E-state index in [9.17, 15) is 14.4 Å². The van der Waals surface area contributed by atoms with E-state index in [-0.39, 0.29) is 26.4 Å². The molecule has 0 aromatic carbocycles. The van der Waals surface area contributed by atoms with Gasteiger partial charge in [-0.3, -0.25) is 4.79 Å². The van der Waals surface area contributed by atoms with E-state index >= 15 is 0 Å². The molecule has 1 aliphatic heterocycles. The Morgan fingerprint density at radius 3 is 2.71 bits per heavy atom. The Morgan fingerprint density at radius 2 is 2.14 bits per heavy atom. The molecule has 3 amide bonds. The summed E-state index contributed by atoms with van der Waals surface area (Å²) in [6.07, 6.45) is -0.224. The predicted octanol–water partition coefficient (Wildman–Crippen LogP) is -0.397. The van der Waals surface area contributed by atoms with Gasteiger partial charge in [0.05, 0.1) is 25.8 Å². The number of hydrogen-bond donors (Lipinski definition) is 3. The summed E-state index contributed by atoms with van der Waals surface area (Å²) in [5.74, 6) is -1.72. The van der Waals surface area contributed by atoms with Gasteiger partial charge in [0.25, 0.3) is 0 Å². The summed E-state index contributed by atoms with van der Waals surface area (Å²) in [6, 6.07) is -0.911. The zero-order chi connectivity index (χ0) is 15.8. The smallest absolute Gasteiger partial charge is 0.404 e. The molecule has 0 aliphatic carbocycles. The molecule has 2 unspecified atom stereocenters. The second-order valence-corrected chi connectivity index (χ2v) is 4.64. The van der Waals surface area contributed by atoms with Crippen molar-refractivity contribution >= 4 is 18.1 Å². The Balaban J connectivity index is 2.56. The number of nitrogens with two attached hydrogens (primary N) is 1. The Labute approximate surface area is 122 Å². The van der Waals surface area contributed by atoms with Gasteiger partial charge in [-0.25, -0.2) is 9.59 Å². The van der Waals surface area contributed by atoms with Gasteiger partial charge in [-0.2, -0.15) is 0 Å². The number of urea groups is 1. The molecular formula is C12H21N3O6. The highest BCUT2D eigenvalue weighted by atomic mass is 16.5. The number of hydrogen-bond acceptors (Lipinski definition) is 5. The SMILES string of the molecule is CCCN(C(=O)NCCOC(N)=O)C1COCC1C(=O)O. The van der Waals surface area contributed by atoms with E-state index in [0.717, 1.165) is 0 Å². The van der Waals surface area contributed by atoms with Crippen LogP contribution in [0.4, 0.5) is 9.59 Å². The molecule has 1 heterocycles. The first-order valence-electron chi connectivity index (χ1n) is 6.74. The lowest BCUT2D eigenvalue weighted by Gasteiger charge is -2.30. The van der Waals surface area contributed by atoms with Crippen molar-refractivity contribution in [1.29, 1.82) is 0 Å². The lowest BCUT2D eigenvalue weighted by Crippen LogP contribution is -2.51. The summed E-state index contributed by atoms with van der Waals surface area (Å²) in [6.45, 7) is 2.67. The first kappa shape index (κ1) is 17.0. The van der Waals surface area contributed by atoms with Crippen LogP contribution in [-0.2, 0) is 14.3 Å². The standard InChI is InChI=1S/C12H21N3O6/c1-2-4-15(9-7-20-6-8(9)10(16)17)12(19)14-3-5-21-11(13)18/h8-9H,2-7H2,1H3,(H2,13,18)(H,14,19)(H,16,17). The number of carboxylic acids is 1. The summed E-state index contributed by atoms with van der Waals surface area (Å²) < 4.78 is 9.68. The fourth-order valence-electron chi connectivity index (χ4n) is 2.16. The molecule has 1 aliphatic rings. The van der Waals surface area contributed by atoms with Crippen molar-refractivity contribution < 1.29 is 29.0 Å². The summed E-state index contributed by atoms with van der Waals surface area (Å²) >= 11 is 0. The third-order valence-corrected chi connectivity index (χ3v) is 3.12. The first-order chi connectivity index (χ1) is 9.97. The highest BCUT2D eigenvalue weighted by molar-refractivity contribution is 5.77. The molecule has 21 heavy (non-hydrogen) atoms. The fourth-order valence-corrected chi connectivity index (χ4v) is 2.16. The van der Waals surface area contributed by atoms with E-state index in [1.165, 1.54) is 4.90 Å². The summed E-state index contributed by atoms with van der Waals surface area (Å²) in [7, 11) is 0. The zero-order valence-corrected chi connectivity index (χ0v) is 11.9. The molecule has 0 aromatic rings. The number of rotatable bonds is 7. The number of carbonyl (C=O) groups is 3. The number of ether oxygens (including phenoxy) is 2. The van der Waals surface area contributed by atoms with Crippen molar-refractivity contribution in [2.75, 3.05) is 32.9 Å². The molecule has 1 fully saturated rings. The minimum atomic E-state index is -0.983. The maximum atomic E-state index is 12.1. The van der Waals surface area contributed by atoms with Crippen LogP contribution in [-0.4, -0.2) is 67.1 Å². The van der Waals surface area contributed by atoms with Gasteiger partial charge in [-0.05, 0) is 6.42 Å². The molecule has 0 saturated carbocycles. The van der Waals surface area contributed by atoms with Gasteiger partial charge < -0.3 is 30.5 Å². The molecule has 9 nitrogen and oxygen atoms in total. The molecule has 4 N–H and O–H groups in total. The summed E-state index contributed by atoms with van der Waals surface area (Å²) in [5.41, 5.74) is 4.80. The van der Waals surface area contributed by atoms with Crippen LogP contribution < -0.4 is 11.1 Å². The molecule has 0 radical (unpaired) electrons. The Kier molecular flexibility index (Phi) is 6.73. The van der Waals surface area contributed by atoms with Gasteiger partial charge in [-0.15, -0.1) is 0 Å². The van der Waals surface area contributed by atoms with Crippen molar-refractivity contribution in [2.45, 2.75) is 19.4 Å². The van der Waals surface area contributed by atoms with Crippen molar-refractivity contribution in [3.63, 3.8) is 0 Å². The molecule has 120 valence electrons. The Hall–Kier alpha value is -2.03. The average molecular weight is 303 g/mol. The molecule has 0 bridgehead atoms. The lowest BCUT2D eigenvalue weighted by molar-refractivity contribution is -0.142. The van der Waals surface area contributed by atoms with Gasteiger partial charge in [0.15, 0.2) is 0 Å². The second-order valence-electron chi connectivity index (χ2n) is 4.64. The normalized spacial score (nSPS) is 20.8. The summed E-state index contributed by atoms with van der Waals surface area (Å²) in [4.78, 5) is 35.2. The van der Waals surface area contributed by atoms with Gasteiger partial charge in [0.1, 0.15) is 12.5 Å². The molecule has 2 atom stereocenters. The van der Waals surface area contributed by atoms with E-state index in [4.69, 9.17) is 15.6 Å². The predicted molar refractivity (Wildman–Crippen MR) is 71.7 cm³/mol. The monoisotopic (exact) mass is 303 g/mol. The minimum Gasteiger partial charge on any atom is -0.481 e. The Morgan fingerprint density at radius 1 is 1.43 bits per heavy atom. The second kappa shape index (κ2) is 8.30. The van der Waals surface area contributed by atoms with Crippen molar-refractivity contribution in [3.05, 3.63) is 0 Å². The van der Waals surface area contributed by atoms with E-state index < -0.39 is 30.1 Å². The number of nitrogens with zero attached hydrogens (tertiary/aromatic N) is 1. The van der Waals surface area contributed by atoms with Crippen molar-refractivity contribution in [2.24, 2.45) is 11.7 Å². The van der Waals surface area contributed by atoms with E-state index in [1.807, 2.05) is 6.92 Å². The fraction of sp³-hybridized carbons (Fsp3) is 0.750.